The zero-order valence-corrected chi connectivity index (χ0v) is 9.92. The number of carboxylic acids is 1. The van der Waals surface area contributed by atoms with E-state index in [0.29, 0.717) is 6.42 Å². The van der Waals surface area contributed by atoms with Crippen LogP contribution in [0.2, 0.25) is 0 Å². The molecule has 0 aliphatic heterocycles. The third-order valence-corrected chi connectivity index (χ3v) is 2.52. The Morgan fingerprint density at radius 3 is 2.13 bits per heavy atom. The Morgan fingerprint density at radius 2 is 1.87 bits per heavy atom. The molecule has 15 heavy (non-hydrogen) atoms. The van der Waals surface area contributed by atoms with Crippen LogP contribution in [0, 0.1) is 5.92 Å². The van der Waals surface area contributed by atoms with Crippen LogP contribution in [0.5, 0.6) is 0 Å². The second-order valence-electron chi connectivity index (χ2n) is 3.52. The second kappa shape index (κ2) is 7.32. The Hall–Kier alpha value is -0.990. The monoisotopic (exact) mass is 214 g/mol. The molecule has 88 valence electrons. The molecule has 0 aromatic rings. The van der Waals surface area contributed by atoms with Crippen molar-refractivity contribution in [1.29, 1.82) is 0 Å². The van der Waals surface area contributed by atoms with Crippen molar-refractivity contribution in [3.8, 4) is 0 Å². The van der Waals surface area contributed by atoms with Crippen LogP contribution >= 0.6 is 0 Å². The maximum Gasteiger partial charge on any atom is 0.314 e. The molecule has 1 unspecified atom stereocenters. The minimum absolute atomic E-state index is 0.126. The zero-order chi connectivity index (χ0) is 11.8. The van der Waals surface area contributed by atoms with Crippen LogP contribution in [0.15, 0.2) is 11.3 Å². The fraction of sp³-hybridized carbons (Fsp3) is 0.750. The van der Waals surface area contributed by atoms with Gasteiger partial charge in [0.25, 0.3) is 0 Å². The molecule has 0 bridgehead atoms. The Morgan fingerprint density at radius 1 is 1.33 bits per heavy atom. The lowest BCUT2D eigenvalue weighted by atomic mass is 9.86. The number of hydrogen-bond donors (Lipinski definition) is 2. The molecule has 1 rings (SSSR count). The molecule has 2 N–H and O–H groups in total. The van der Waals surface area contributed by atoms with E-state index in [9.17, 15) is 9.90 Å². The van der Waals surface area contributed by atoms with Crippen molar-refractivity contribution in [3.05, 3.63) is 11.3 Å². The van der Waals surface area contributed by atoms with Crippen molar-refractivity contribution in [2.24, 2.45) is 5.92 Å². The quantitative estimate of drug-likeness (QED) is 0.704. The van der Waals surface area contributed by atoms with E-state index in [1.54, 1.807) is 0 Å². The Labute approximate surface area is 91.8 Å². The summed E-state index contributed by atoms with van der Waals surface area (Å²) in [6, 6.07) is 0. The molecule has 1 aliphatic rings. The predicted octanol–water partition coefficient (Wildman–Crippen LogP) is 3.51. The van der Waals surface area contributed by atoms with E-state index in [4.69, 9.17) is 5.11 Å². The summed E-state index contributed by atoms with van der Waals surface area (Å²) < 4.78 is 0. The molecule has 0 amide bonds. The summed E-state index contributed by atoms with van der Waals surface area (Å²) in [5.41, 5.74) is 0.945. The van der Waals surface area contributed by atoms with Gasteiger partial charge in [0, 0.05) is 0 Å². The van der Waals surface area contributed by atoms with Crippen molar-refractivity contribution < 1.29 is 15.0 Å². The first-order chi connectivity index (χ1) is 7.16. The van der Waals surface area contributed by atoms with Crippen LogP contribution in [0.1, 0.15) is 52.9 Å². The number of aliphatic carboxylic acids is 1. The molecule has 1 atom stereocenters. The van der Waals surface area contributed by atoms with E-state index in [2.05, 4.69) is 0 Å². The van der Waals surface area contributed by atoms with Crippen LogP contribution in [0.25, 0.3) is 0 Å². The van der Waals surface area contributed by atoms with Crippen LogP contribution in [0.4, 0.5) is 0 Å². The highest BCUT2D eigenvalue weighted by Crippen LogP contribution is 2.32. The topological polar surface area (TPSA) is 57.5 Å². The number of hydrogen-bond acceptors (Lipinski definition) is 2. The van der Waals surface area contributed by atoms with Gasteiger partial charge in [-0.3, -0.25) is 4.79 Å². The summed E-state index contributed by atoms with van der Waals surface area (Å²) in [6.45, 7) is 5.93. The fourth-order valence-corrected chi connectivity index (χ4v) is 1.52. The minimum Gasteiger partial charge on any atom is -0.511 e. The van der Waals surface area contributed by atoms with Gasteiger partial charge in [0.05, 0.1) is 0 Å². The van der Waals surface area contributed by atoms with Crippen molar-refractivity contribution in [1.82, 2.24) is 0 Å². The van der Waals surface area contributed by atoms with Crippen molar-refractivity contribution in [2.45, 2.75) is 52.9 Å². The van der Waals surface area contributed by atoms with Crippen LogP contribution in [-0.2, 0) is 4.79 Å². The highest BCUT2D eigenvalue weighted by Gasteiger charge is 2.26. The van der Waals surface area contributed by atoms with Gasteiger partial charge in [-0.15, -0.1) is 0 Å². The smallest absolute Gasteiger partial charge is 0.314 e. The second-order valence-corrected chi connectivity index (χ2v) is 3.52. The Balaban J connectivity index is 0.000000921. The lowest BCUT2D eigenvalue weighted by Crippen LogP contribution is -2.19. The number of rotatable bonds is 4. The highest BCUT2D eigenvalue weighted by molar-refractivity contribution is 5.73. The van der Waals surface area contributed by atoms with Crippen LogP contribution in [0.3, 0.4) is 0 Å². The lowest BCUT2D eigenvalue weighted by Gasteiger charge is -2.21. The molecule has 1 aliphatic carbocycles. The van der Waals surface area contributed by atoms with Crippen LogP contribution in [-0.4, -0.2) is 16.2 Å². The average Bonchev–Trinajstić information content (AvgIpc) is 2.14. The van der Waals surface area contributed by atoms with Gasteiger partial charge >= 0.3 is 5.97 Å². The van der Waals surface area contributed by atoms with E-state index in [-0.39, 0.29) is 5.76 Å². The molecule has 0 heterocycles. The van der Waals surface area contributed by atoms with Gasteiger partial charge in [-0.25, -0.2) is 0 Å². The van der Waals surface area contributed by atoms with Crippen molar-refractivity contribution in [3.63, 3.8) is 0 Å². The third kappa shape index (κ3) is 3.94. The molecular weight excluding hydrogens is 192 g/mol. The molecule has 3 heteroatoms. The van der Waals surface area contributed by atoms with Gasteiger partial charge in [0.15, 0.2) is 0 Å². The summed E-state index contributed by atoms with van der Waals surface area (Å²) >= 11 is 0. The molecule has 1 fully saturated rings. The van der Waals surface area contributed by atoms with Gasteiger partial charge in [-0.05, 0) is 31.3 Å². The highest BCUT2D eigenvalue weighted by atomic mass is 16.4. The Bertz CT molecular complexity index is 225. The molecule has 0 radical (unpaired) electrons. The molecule has 0 saturated heterocycles. The molecule has 1 saturated carbocycles. The van der Waals surface area contributed by atoms with E-state index in [1.165, 1.54) is 0 Å². The lowest BCUT2D eigenvalue weighted by molar-refractivity contribution is -0.141. The maximum atomic E-state index is 10.8. The maximum absolute atomic E-state index is 10.8. The van der Waals surface area contributed by atoms with Crippen molar-refractivity contribution >= 4 is 5.97 Å². The summed E-state index contributed by atoms with van der Waals surface area (Å²) in [6.07, 6.45) is 4.15. The van der Waals surface area contributed by atoms with Gasteiger partial charge in [0.1, 0.15) is 11.7 Å². The normalized spacial score (nSPS) is 15.8. The largest absolute Gasteiger partial charge is 0.511 e. The first kappa shape index (κ1) is 14.0. The van der Waals surface area contributed by atoms with E-state index in [0.717, 1.165) is 31.3 Å². The van der Waals surface area contributed by atoms with Crippen molar-refractivity contribution in [2.75, 3.05) is 0 Å². The number of aliphatic hydroxyl groups is 1. The van der Waals surface area contributed by atoms with E-state index >= 15 is 0 Å². The van der Waals surface area contributed by atoms with Gasteiger partial charge < -0.3 is 10.2 Å². The molecule has 0 aromatic carbocycles. The van der Waals surface area contributed by atoms with E-state index < -0.39 is 11.9 Å². The number of carboxylic acid groups (broad SMARTS) is 1. The molecular formula is C12H22O3. The number of carbonyl (C=O) groups is 1. The molecule has 0 aromatic heterocycles. The first-order valence-electron chi connectivity index (χ1n) is 5.80. The fourth-order valence-electron chi connectivity index (χ4n) is 1.52. The van der Waals surface area contributed by atoms with Gasteiger partial charge in [0.2, 0.25) is 0 Å². The standard InChI is InChI=1S/C10H16O3.C2H6/c1-2-4-8(10(12)13)9(11)7-5-3-6-7;1-2/h8,11H,2-6H2,1H3,(H,12,13);1-2H3. The summed E-state index contributed by atoms with van der Waals surface area (Å²) in [4.78, 5) is 10.8. The predicted molar refractivity (Wildman–Crippen MR) is 60.9 cm³/mol. The summed E-state index contributed by atoms with van der Waals surface area (Å²) in [5.74, 6) is -1.44. The number of allylic oxidation sites excluding steroid dienone is 1. The summed E-state index contributed by atoms with van der Waals surface area (Å²) in [5, 5.41) is 18.5. The van der Waals surface area contributed by atoms with Gasteiger partial charge in [-0.2, -0.15) is 0 Å². The minimum atomic E-state index is -0.904. The summed E-state index contributed by atoms with van der Waals surface area (Å²) in [7, 11) is 0. The SMILES string of the molecule is CC.CCCC(C(=O)O)C(O)=C1CCC1. The van der Waals surface area contributed by atoms with E-state index in [1.807, 2.05) is 20.8 Å². The first-order valence-corrected chi connectivity index (χ1v) is 5.80. The average molecular weight is 214 g/mol. The van der Waals surface area contributed by atoms with Crippen LogP contribution < -0.4 is 0 Å². The third-order valence-electron chi connectivity index (χ3n) is 2.52. The molecule has 0 spiro atoms. The Kier molecular flexibility index (Phi) is 6.84. The van der Waals surface area contributed by atoms with Gasteiger partial charge in [-0.1, -0.05) is 27.2 Å². The zero-order valence-electron chi connectivity index (χ0n) is 9.92. The molecule has 3 nitrogen and oxygen atoms in total. The number of aliphatic hydroxyl groups excluding tert-OH is 1.